The molecule has 3 N–H and O–H groups in total. The number of rotatable bonds is 9. The first-order valence-corrected chi connectivity index (χ1v) is 10.7. The Hall–Kier alpha value is -4.07. The molecule has 2 aromatic carbocycles. The fourth-order valence-corrected chi connectivity index (χ4v) is 3.46. The van der Waals surface area contributed by atoms with E-state index < -0.39 is 17.2 Å². The topological polar surface area (TPSA) is 110 Å². The van der Waals surface area contributed by atoms with Gasteiger partial charge in [0.2, 0.25) is 0 Å². The summed E-state index contributed by atoms with van der Waals surface area (Å²) in [5.74, 6) is 0.122. The number of hydrogen-bond acceptors (Lipinski definition) is 5. The number of ether oxygens (including phenoxy) is 1. The van der Waals surface area contributed by atoms with Crippen LogP contribution in [0.5, 0.6) is 5.75 Å². The monoisotopic (exact) mass is 448 g/mol. The fourth-order valence-electron chi connectivity index (χ4n) is 3.46. The Morgan fingerprint density at radius 3 is 2.52 bits per heavy atom. The van der Waals surface area contributed by atoms with Gasteiger partial charge in [-0.3, -0.25) is 24.0 Å². The first-order chi connectivity index (χ1) is 16.0. The molecular weight excluding hydrogens is 420 g/mol. The molecule has 8 nitrogen and oxygen atoms in total. The number of H-pyrrole nitrogens is 1. The summed E-state index contributed by atoms with van der Waals surface area (Å²) in [6.07, 6.45) is 4.53. The lowest BCUT2D eigenvalue weighted by molar-refractivity contribution is -0.114. The van der Waals surface area contributed by atoms with Crippen molar-refractivity contribution in [3.8, 4) is 5.75 Å². The highest BCUT2D eigenvalue weighted by Gasteiger charge is 2.23. The number of para-hydroxylation sites is 1. The third-order valence-corrected chi connectivity index (χ3v) is 5.21. The summed E-state index contributed by atoms with van der Waals surface area (Å²) >= 11 is 0. The van der Waals surface area contributed by atoms with Crippen LogP contribution in [0.1, 0.15) is 30.9 Å². The van der Waals surface area contributed by atoms with Crippen LogP contribution in [0.15, 0.2) is 70.3 Å². The number of hydrogen-bond donors (Lipinski definition) is 2. The number of nitrogens with one attached hydrogen (secondary N) is 1. The molecule has 0 aliphatic rings. The maximum atomic E-state index is 13.3. The molecule has 0 atom stereocenters. The van der Waals surface area contributed by atoms with Crippen LogP contribution in [0.3, 0.4) is 0 Å². The Balaban J connectivity index is 2.07. The number of unbranched alkanes of at least 4 members (excludes halogenated alkanes) is 1. The number of nitrogens with zero attached hydrogens (tertiary/aromatic N) is 2. The van der Waals surface area contributed by atoms with Gasteiger partial charge in [0.05, 0.1) is 13.7 Å². The zero-order valence-electron chi connectivity index (χ0n) is 18.8. The number of benzene rings is 2. The molecule has 0 saturated carbocycles. The second-order valence-electron chi connectivity index (χ2n) is 7.48. The molecule has 8 heteroatoms. The van der Waals surface area contributed by atoms with Gasteiger partial charge in [-0.15, -0.1) is 0 Å². The highest BCUT2D eigenvalue weighted by Crippen LogP contribution is 2.22. The van der Waals surface area contributed by atoms with E-state index in [4.69, 9.17) is 10.5 Å². The minimum absolute atomic E-state index is 0.0350. The van der Waals surface area contributed by atoms with Crippen LogP contribution in [-0.4, -0.2) is 22.6 Å². The van der Waals surface area contributed by atoms with Crippen LogP contribution in [0.2, 0.25) is 0 Å². The number of anilines is 2. The largest absolute Gasteiger partial charge is 0.496 e. The van der Waals surface area contributed by atoms with Gasteiger partial charge in [-0.25, -0.2) is 4.79 Å². The van der Waals surface area contributed by atoms with Gasteiger partial charge in [-0.1, -0.05) is 61.9 Å². The summed E-state index contributed by atoms with van der Waals surface area (Å²) < 4.78 is 6.63. The minimum atomic E-state index is -0.708. The van der Waals surface area contributed by atoms with Crippen molar-refractivity contribution in [2.24, 2.45) is 0 Å². The summed E-state index contributed by atoms with van der Waals surface area (Å²) in [4.78, 5) is 42.1. The van der Waals surface area contributed by atoms with Crippen LogP contribution in [0.4, 0.5) is 11.5 Å². The SMILES string of the molecule is CCCCn1c(N)c(N(Cc2ccccc2)C(=O)/C=C/c2ccccc2OC)c(=O)[nH]c1=O. The first-order valence-electron chi connectivity index (χ1n) is 10.7. The average molecular weight is 449 g/mol. The van der Waals surface area contributed by atoms with Gasteiger partial charge in [-0.05, 0) is 24.1 Å². The Morgan fingerprint density at radius 1 is 1.12 bits per heavy atom. The van der Waals surface area contributed by atoms with Crippen molar-refractivity contribution in [3.05, 3.63) is 92.6 Å². The van der Waals surface area contributed by atoms with Crippen molar-refractivity contribution in [2.45, 2.75) is 32.9 Å². The Bertz CT molecular complexity index is 1250. The molecule has 33 heavy (non-hydrogen) atoms. The lowest BCUT2D eigenvalue weighted by atomic mass is 10.1. The van der Waals surface area contributed by atoms with Crippen LogP contribution in [0, 0.1) is 0 Å². The molecule has 0 unspecified atom stereocenters. The second-order valence-corrected chi connectivity index (χ2v) is 7.48. The van der Waals surface area contributed by atoms with E-state index in [1.165, 1.54) is 15.5 Å². The predicted molar refractivity (Wildman–Crippen MR) is 130 cm³/mol. The number of carbonyl (C=O) groups is 1. The summed E-state index contributed by atoms with van der Waals surface area (Å²) in [6, 6.07) is 16.5. The van der Waals surface area contributed by atoms with E-state index in [1.54, 1.807) is 19.3 Å². The molecule has 0 aliphatic heterocycles. The number of carbonyl (C=O) groups excluding carboxylic acids is 1. The molecule has 0 fully saturated rings. The number of methoxy groups -OCH3 is 1. The van der Waals surface area contributed by atoms with Crippen LogP contribution >= 0.6 is 0 Å². The molecule has 0 radical (unpaired) electrons. The van der Waals surface area contributed by atoms with E-state index >= 15 is 0 Å². The molecule has 3 rings (SSSR count). The molecule has 0 saturated heterocycles. The standard InChI is InChI=1S/C25H28N4O4/c1-3-4-16-28-23(26)22(24(31)27-25(28)32)29(17-18-10-6-5-7-11-18)21(30)15-14-19-12-8-9-13-20(19)33-2/h5-15H,3-4,16-17,26H2,1-2H3,(H,27,31,32)/b15-14+. The van der Waals surface area contributed by atoms with Gasteiger partial charge in [-0.2, -0.15) is 0 Å². The fraction of sp³-hybridized carbons (Fsp3) is 0.240. The Labute approximate surface area is 191 Å². The van der Waals surface area contributed by atoms with E-state index in [0.717, 1.165) is 12.0 Å². The normalized spacial score (nSPS) is 11.0. The average Bonchev–Trinajstić information content (AvgIpc) is 2.82. The van der Waals surface area contributed by atoms with Crippen LogP contribution in [0.25, 0.3) is 6.08 Å². The zero-order valence-corrected chi connectivity index (χ0v) is 18.8. The van der Waals surface area contributed by atoms with E-state index in [0.29, 0.717) is 24.3 Å². The number of nitrogens with two attached hydrogens (primary N) is 1. The summed E-state index contributed by atoms with van der Waals surface area (Å²) in [7, 11) is 1.55. The highest BCUT2D eigenvalue weighted by atomic mass is 16.5. The molecule has 0 bridgehead atoms. The number of aromatic amines is 1. The van der Waals surface area contributed by atoms with Gasteiger partial charge < -0.3 is 10.5 Å². The van der Waals surface area contributed by atoms with Crippen molar-refractivity contribution in [2.75, 3.05) is 17.7 Å². The van der Waals surface area contributed by atoms with Crippen LogP contribution < -0.4 is 26.6 Å². The third-order valence-electron chi connectivity index (χ3n) is 5.21. The first kappa shape index (κ1) is 23.6. The predicted octanol–water partition coefficient (Wildman–Crippen LogP) is 3.17. The smallest absolute Gasteiger partial charge is 0.330 e. The molecule has 1 amide bonds. The van der Waals surface area contributed by atoms with Crippen molar-refractivity contribution >= 4 is 23.5 Å². The summed E-state index contributed by atoms with van der Waals surface area (Å²) in [6.45, 7) is 2.44. The number of nitrogen functional groups attached to an aromatic ring is 1. The van der Waals surface area contributed by atoms with E-state index in [9.17, 15) is 14.4 Å². The maximum Gasteiger partial charge on any atom is 0.330 e. The maximum absolute atomic E-state index is 13.3. The van der Waals surface area contributed by atoms with E-state index in [2.05, 4.69) is 4.98 Å². The van der Waals surface area contributed by atoms with E-state index in [-0.39, 0.29) is 18.1 Å². The van der Waals surface area contributed by atoms with Gasteiger partial charge in [0.25, 0.3) is 11.5 Å². The third kappa shape index (κ3) is 5.60. The Kier molecular flexibility index (Phi) is 7.86. The van der Waals surface area contributed by atoms with Crippen molar-refractivity contribution in [1.29, 1.82) is 0 Å². The lowest BCUT2D eigenvalue weighted by Crippen LogP contribution is -2.40. The molecule has 1 heterocycles. The quantitative estimate of drug-likeness (QED) is 0.489. The molecule has 0 aliphatic carbocycles. The van der Waals surface area contributed by atoms with Crippen molar-refractivity contribution in [3.63, 3.8) is 0 Å². The summed E-state index contributed by atoms with van der Waals surface area (Å²) in [5.41, 5.74) is 6.44. The highest BCUT2D eigenvalue weighted by molar-refractivity contribution is 6.05. The van der Waals surface area contributed by atoms with Gasteiger partial charge in [0, 0.05) is 18.2 Å². The molecule has 172 valence electrons. The van der Waals surface area contributed by atoms with Crippen molar-refractivity contribution < 1.29 is 9.53 Å². The summed E-state index contributed by atoms with van der Waals surface area (Å²) in [5, 5.41) is 0. The molecular formula is C25H28N4O4. The van der Waals surface area contributed by atoms with Gasteiger partial charge in [0.1, 0.15) is 11.6 Å². The van der Waals surface area contributed by atoms with Gasteiger partial charge in [0.15, 0.2) is 5.69 Å². The zero-order chi connectivity index (χ0) is 23.8. The molecule has 0 spiro atoms. The van der Waals surface area contributed by atoms with E-state index in [1.807, 2.05) is 55.5 Å². The number of amides is 1. The molecule has 3 aromatic rings. The molecule has 1 aromatic heterocycles. The number of aromatic nitrogens is 2. The minimum Gasteiger partial charge on any atom is -0.496 e. The Morgan fingerprint density at radius 2 is 1.82 bits per heavy atom. The van der Waals surface area contributed by atoms with Gasteiger partial charge >= 0.3 is 5.69 Å². The van der Waals surface area contributed by atoms with Crippen LogP contribution in [-0.2, 0) is 17.9 Å². The van der Waals surface area contributed by atoms with Crippen molar-refractivity contribution in [1.82, 2.24) is 9.55 Å². The second kappa shape index (κ2) is 11.0. The lowest BCUT2D eigenvalue weighted by Gasteiger charge is -2.23.